The Bertz CT molecular complexity index is 781. The number of urea groups is 1. The van der Waals surface area contributed by atoms with Gasteiger partial charge in [0.25, 0.3) is 0 Å². The quantitative estimate of drug-likeness (QED) is 0.162. The topological polar surface area (TPSA) is 128 Å². The molecule has 0 bridgehead atoms. The summed E-state index contributed by atoms with van der Waals surface area (Å²) in [4.78, 5) is 50.0. The van der Waals surface area contributed by atoms with Gasteiger partial charge < -0.3 is 26.6 Å². The first kappa shape index (κ1) is 33.2. The van der Waals surface area contributed by atoms with Gasteiger partial charge in [0.1, 0.15) is 12.1 Å². The highest BCUT2D eigenvalue weighted by Crippen LogP contribution is 2.10. The lowest BCUT2D eigenvalue weighted by Crippen LogP contribution is -2.56. The van der Waals surface area contributed by atoms with Crippen molar-refractivity contribution in [3.63, 3.8) is 0 Å². The van der Waals surface area contributed by atoms with Crippen LogP contribution < -0.4 is 26.6 Å². The van der Waals surface area contributed by atoms with Crippen LogP contribution in [0.15, 0.2) is 24.3 Å². The van der Waals surface area contributed by atoms with Gasteiger partial charge in [0.15, 0.2) is 0 Å². The van der Waals surface area contributed by atoms with E-state index in [0.29, 0.717) is 19.5 Å². The van der Waals surface area contributed by atoms with Crippen LogP contribution >= 0.6 is 0 Å². The molecule has 0 fully saturated rings. The minimum atomic E-state index is -0.897. The van der Waals surface area contributed by atoms with Crippen molar-refractivity contribution in [3.05, 3.63) is 24.3 Å². The lowest BCUT2D eigenvalue weighted by molar-refractivity contribution is -0.129. The van der Waals surface area contributed by atoms with Crippen LogP contribution in [0.5, 0.6) is 0 Å². The highest BCUT2D eigenvalue weighted by Gasteiger charge is 2.28. The molecule has 216 valence electrons. The highest BCUT2D eigenvalue weighted by atomic mass is 16.2. The predicted molar refractivity (Wildman–Crippen MR) is 152 cm³/mol. The predicted octanol–water partition coefficient (Wildman–Crippen LogP) is 3.85. The minimum absolute atomic E-state index is 0.173. The lowest BCUT2D eigenvalue weighted by Gasteiger charge is -2.25. The number of carbonyl (C=O) groups excluding carboxylic acids is 4. The van der Waals surface area contributed by atoms with Gasteiger partial charge in [-0.25, -0.2) is 4.79 Å². The average molecular weight is 534 g/mol. The van der Waals surface area contributed by atoms with Crippen molar-refractivity contribution in [3.8, 4) is 0 Å². The Morgan fingerprint density at radius 2 is 1.61 bits per heavy atom. The van der Waals surface area contributed by atoms with Gasteiger partial charge in [-0.3, -0.25) is 14.4 Å². The van der Waals surface area contributed by atoms with Crippen molar-refractivity contribution >= 4 is 23.8 Å². The first-order chi connectivity index (χ1) is 18.2. The minimum Gasteiger partial charge on any atom is -0.352 e. The zero-order valence-electron chi connectivity index (χ0n) is 23.9. The van der Waals surface area contributed by atoms with Crippen molar-refractivity contribution < 1.29 is 19.2 Å². The van der Waals surface area contributed by atoms with E-state index in [-0.39, 0.29) is 23.8 Å². The molecular formula is C29H51N5O4. The second-order valence-corrected chi connectivity index (χ2v) is 10.5. The van der Waals surface area contributed by atoms with Crippen molar-refractivity contribution in [1.82, 2.24) is 26.6 Å². The summed E-state index contributed by atoms with van der Waals surface area (Å²) in [7, 11) is 0. The Kier molecular flexibility index (Phi) is 17.6. The molecule has 1 aliphatic heterocycles. The summed E-state index contributed by atoms with van der Waals surface area (Å²) in [6.45, 7) is 8.65. The molecule has 9 heteroatoms. The molecule has 0 aromatic rings. The van der Waals surface area contributed by atoms with Gasteiger partial charge in [0, 0.05) is 25.2 Å². The smallest absolute Gasteiger partial charge is 0.315 e. The lowest BCUT2D eigenvalue weighted by atomic mass is 10.0. The van der Waals surface area contributed by atoms with Crippen molar-refractivity contribution in [2.45, 2.75) is 116 Å². The molecule has 9 nitrogen and oxygen atoms in total. The number of amides is 5. The molecule has 0 radical (unpaired) electrons. The third-order valence-corrected chi connectivity index (χ3v) is 6.48. The first-order valence-corrected chi connectivity index (χ1v) is 14.5. The number of hydrogen-bond donors (Lipinski definition) is 5. The van der Waals surface area contributed by atoms with E-state index >= 15 is 0 Å². The van der Waals surface area contributed by atoms with Crippen LogP contribution in [0, 0.1) is 5.92 Å². The summed E-state index contributed by atoms with van der Waals surface area (Å²) in [6.07, 6.45) is 19.1. The number of rotatable bonds is 15. The van der Waals surface area contributed by atoms with Gasteiger partial charge in [-0.2, -0.15) is 0 Å². The second-order valence-electron chi connectivity index (χ2n) is 10.5. The van der Waals surface area contributed by atoms with Crippen molar-refractivity contribution in [2.75, 3.05) is 13.1 Å². The van der Waals surface area contributed by atoms with E-state index < -0.39 is 24.0 Å². The SMILES string of the molecule is CCCCCCCCCCCCNC(=O)N[C@@H](C(=O)N[C@H]1/C=C/CCNC(=O)/C=C/[C@H](C)NC1=O)C(C)C. The Morgan fingerprint density at radius 3 is 2.24 bits per heavy atom. The first-order valence-electron chi connectivity index (χ1n) is 14.5. The van der Waals surface area contributed by atoms with Gasteiger partial charge in [-0.15, -0.1) is 0 Å². The second kappa shape index (κ2) is 20.2. The molecule has 1 aliphatic rings. The summed E-state index contributed by atoms with van der Waals surface area (Å²) in [5, 5.41) is 13.9. The largest absolute Gasteiger partial charge is 0.352 e. The van der Waals surface area contributed by atoms with Crippen LogP contribution in [0.2, 0.25) is 0 Å². The van der Waals surface area contributed by atoms with Crippen LogP contribution in [0.3, 0.4) is 0 Å². The van der Waals surface area contributed by atoms with Gasteiger partial charge in [-0.1, -0.05) is 96.8 Å². The summed E-state index contributed by atoms with van der Waals surface area (Å²) >= 11 is 0. The van der Waals surface area contributed by atoms with Crippen LogP contribution in [0.25, 0.3) is 0 Å². The van der Waals surface area contributed by atoms with Gasteiger partial charge in [-0.05, 0) is 25.7 Å². The third-order valence-electron chi connectivity index (χ3n) is 6.48. The Labute approximate surface area is 229 Å². The normalized spacial score (nSPS) is 20.8. The molecule has 0 unspecified atom stereocenters. The Morgan fingerprint density at radius 1 is 0.974 bits per heavy atom. The van der Waals surface area contributed by atoms with E-state index in [9.17, 15) is 19.2 Å². The maximum absolute atomic E-state index is 13.1. The standard InChI is InChI=1S/C29H51N5O4/c1-5-6-7-8-9-10-11-12-13-15-21-31-29(38)34-26(22(2)3)28(37)33-24-17-14-16-20-30-25(35)19-18-23(4)32-27(24)36/h14,17-19,22-24,26H,5-13,15-16,20-21H2,1-4H3,(H,30,35)(H,32,36)(H,33,37)(H2,31,34,38)/b17-14+,19-18+/t23-,24-,26+/m0/s1. The molecule has 3 atom stereocenters. The van der Waals surface area contributed by atoms with E-state index in [1.807, 2.05) is 13.8 Å². The fourth-order valence-corrected chi connectivity index (χ4v) is 4.15. The zero-order chi connectivity index (χ0) is 28.2. The monoisotopic (exact) mass is 533 g/mol. The maximum atomic E-state index is 13.1. The number of carbonyl (C=O) groups is 4. The third kappa shape index (κ3) is 15.4. The fraction of sp³-hybridized carbons (Fsp3) is 0.724. The van der Waals surface area contributed by atoms with Gasteiger partial charge in [0.05, 0.1) is 0 Å². The summed E-state index contributed by atoms with van der Waals surface area (Å²) in [5.41, 5.74) is 0. The van der Waals surface area contributed by atoms with E-state index in [2.05, 4.69) is 33.5 Å². The molecule has 5 N–H and O–H groups in total. The molecule has 0 aliphatic carbocycles. The van der Waals surface area contributed by atoms with E-state index in [1.54, 1.807) is 25.2 Å². The number of hydrogen-bond acceptors (Lipinski definition) is 4. The van der Waals surface area contributed by atoms with Gasteiger partial charge in [0.2, 0.25) is 17.7 Å². The molecule has 1 heterocycles. The van der Waals surface area contributed by atoms with E-state index in [4.69, 9.17) is 0 Å². The Hall–Kier alpha value is -2.84. The van der Waals surface area contributed by atoms with Crippen LogP contribution in [0.4, 0.5) is 4.79 Å². The molecule has 0 aromatic heterocycles. The zero-order valence-corrected chi connectivity index (χ0v) is 23.9. The molecule has 0 spiro atoms. The number of unbranched alkanes of at least 4 members (excludes halogenated alkanes) is 9. The van der Waals surface area contributed by atoms with Gasteiger partial charge >= 0.3 is 6.03 Å². The molecule has 5 amide bonds. The average Bonchev–Trinajstić information content (AvgIpc) is 2.87. The number of nitrogens with one attached hydrogen (secondary N) is 5. The summed E-state index contributed by atoms with van der Waals surface area (Å²) < 4.78 is 0. The van der Waals surface area contributed by atoms with E-state index in [0.717, 1.165) is 12.8 Å². The summed E-state index contributed by atoms with van der Waals surface area (Å²) in [6, 6.07) is -2.47. The van der Waals surface area contributed by atoms with Crippen molar-refractivity contribution in [2.24, 2.45) is 5.92 Å². The molecule has 0 aromatic carbocycles. The Balaban J connectivity index is 2.48. The van der Waals surface area contributed by atoms with Crippen molar-refractivity contribution in [1.29, 1.82) is 0 Å². The van der Waals surface area contributed by atoms with Crippen LogP contribution in [-0.4, -0.2) is 55.0 Å². The van der Waals surface area contributed by atoms with Crippen LogP contribution in [-0.2, 0) is 14.4 Å². The summed E-state index contributed by atoms with van der Waals surface area (Å²) in [5.74, 6) is -1.21. The van der Waals surface area contributed by atoms with E-state index in [1.165, 1.54) is 57.4 Å². The molecule has 1 rings (SSSR count). The highest BCUT2D eigenvalue weighted by molar-refractivity contribution is 5.93. The molecule has 0 saturated heterocycles. The molecule has 38 heavy (non-hydrogen) atoms. The fourth-order valence-electron chi connectivity index (χ4n) is 4.15. The molecule has 0 saturated carbocycles. The maximum Gasteiger partial charge on any atom is 0.315 e. The van der Waals surface area contributed by atoms with Crippen LogP contribution in [0.1, 0.15) is 98.3 Å². The molecular weight excluding hydrogens is 482 g/mol.